The van der Waals surface area contributed by atoms with E-state index in [1.54, 1.807) is 17.4 Å². The van der Waals surface area contributed by atoms with Crippen LogP contribution < -0.4 is 4.90 Å². The number of anilines is 1. The minimum atomic E-state index is 0.645. The molecular weight excluding hydrogens is 394 g/mol. The largest absolute Gasteiger partial charge is 0.408 e. The Morgan fingerprint density at radius 3 is 2.30 bits per heavy atom. The van der Waals surface area contributed by atoms with Crippen LogP contribution in [0.3, 0.4) is 0 Å². The average Bonchev–Trinajstić information content (AvgIpc) is 3.46. The van der Waals surface area contributed by atoms with Gasteiger partial charge in [0.2, 0.25) is 5.89 Å². The first-order valence-electron chi connectivity index (χ1n) is 10.2. The van der Waals surface area contributed by atoms with Crippen molar-refractivity contribution >= 4 is 17.4 Å². The molecule has 1 aliphatic heterocycles. The van der Waals surface area contributed by atoms with Crippen LogP contribution in [0.15, 0.2) is 47.4 Å². The average molecular weight is 428 g/mol. The summed E-state index contributed by atoms with van der Waals surface area (Å²) < 4.78 is 5.27. The summed E-state index contributed by atoms with van der Waals surface area (Å²) in [6.45, 7) is 12.2. The van der Waals surface area contributed by atoms with Crippen molar-refractivity contribution in [3.63, 3.8) is 0 Å². The lowest BCUT2D eigenvalue weighted by Crippen LogP contribution is -2.17. The second kappa shape index (κ2) is 12.2. The van der Waals surface area contributed by atoms with Gasteiger partial charge in [-0.1, -0.05) is 41.5 Å². The fourth-order valence-electron chi connectivity index (χ4n) is 2.90. The monoisotopic (exact) mass is 427 g/mol. The lowest BCUT2D eigenvalue weighted by Gasteiger charge is -2.09. The summed E-state index contributed by atoms with van der Waals surface area (Å²) in [5, 5.41) is 8.83. The molecule has 0 bridgehead atoms. The standard InChI is InChI=1S/C13H16N2S.C7H11N3O.C3H6/c1-10-12(9-15(2)3)14-13(16-10)11-7-5-4-6-8-11;1-6-8-9-7(11-6)10-4-2-3-5-10;1-3-2/h4-8H,9H2,1-3H3;2-5H2,1H3;3H,1H2,2H3. The Bertz CT molecular complexity index is 882. The van der Waals surface area contributed by atoms with E-state index in [0.29, 0.717) is 11.9 Å². The summed E-state index contributed by atoms with van der Waals surface area (Å²) in [6, 6.07) is 11.0. The van der Waals surface area contributed by atoms with Crippen LogP contribution in [0.2, 0.25) is 0 Å². The first-order valence-corrected chi connectivity index (χ1v) is 11.0. The summed E-state index contributed by atoms with van der Waals surface area (Å²) in [4.78, 5) is 10.3. The minimum absolute atomic E-state index is 0.645. The van der Waals surface area contributed by atoms with Crippen molar-refractivity contribution in [1.82, 2.24) is 20.1 Å². The smallest absolute Gasteiger partial charge is 0.318 e. The van der Waals surface area contributed by atoms with Crippen molar-refractivity contribution in [2.45, 2.75) is 40.2 Å². The third-order valence-corrected chi connectivity index (χ3v) is 5.33. The third-order valence-electron chi connectivity index (χ3n) is 4.27. The van der Waals surface area contributed by atoms with Gasteiger partial charge >= 0.3 is 6.01 Å². The quantitative estimate of drug-likeness (QED) is 0.523. The van der Waals surface area contributed by atoms with Crippen LogP contribution in [0.1, 0.15) is 36.2 Å². The molecule has 162 valence electrons. The lowest BCUT2D eigenvalue weighted by atomic mass is 10.2. The minimum Gasteiger partial charge on any atom is -0.408 e. The molecule has 0 unspecified atom stereocenters. The summed E-state index contributed by atoms with van der Waals surface area (Å²) in [5.41, 5.74) is 2.40. The molecule has 0 atom stereocenters. The summed E-state index contributed by atoms with van der Waals surface area (Å²) in [5.74, 6) is 0.645. The SMILES string of the molecule is C=CC.Cc1nnc(N2CCCC2)o1.Cc1sc(-c2ccccc2)nc1CN(C)C. The van der Waals surface area contributed by atoms with Crippen molar-refractivity contribution in [2.75, 3.05) is 32.1 Å². The van der Waals surface area contributed by atoms with E-state index >= 15 is 0 Å². The number of hydrogen-bond donors (Lipinski definition) is 0. The zero-order chi connectivity index (χ0) is 21.9. The molecule has 2 aromatic heterocycles. The van der Waals surface area contributed by atoms with Crippen molar-refractivity contribution < 1.29 is 4.42 Å². The molecule has 1 fully saturated rings. The van der Waals surface area contributed by atoms with Gasteiger partial charge in [0, 0.05) is 37.0 Å². The molecular formula is C23H33N5OS. The van der Waals surface area contributed by atoms with Crippen LogP contribution in [0.4, 0.5) is 6.01 Å². The van der Waals surface area contributed by atoms with Gasteiger partial charge in [-0.05, 0) is 40.8 Å². The van der Waals surface area contributed by atoms with E-state index in [1.807, 2.05) is 19.9 Å². The Hall–Kier alpha value is -2.51. The molecule has 1 aromatic carbocycles. The van der Waals surface area contributed by atoms with Crippen LogP contribution in [0.25, 0.3) is 10.6 Å². The van der Waals surface area contributed by atoms with Crippen LogP contribution in [-0.4, -0.2) is 47.3 Å². The Morgan fingerprint density at radius 1 is 1.13 bits per heavy atom. The van der Waals surface area contributed by atoms with E-state index < -0.39 is 0 Å². The first kappa shape index (κ1) is 23.8. The Balaban J connectivity index is 0.000000198. The third kappa shape index (κ3) is 7.39. The number of thiazole rings is 1. The van der Waals surface area contributed by atoms with Gasteiger partial charge in [-0.25, -0.2) is 4.98 Å². The molecule has 3 heterocycles. The number of nitrogens with zero attached hydrogens (tertiary/aromatic N) is 5. The Labute approximate surface area is 184 Å². The molecule has 0 saturated carbocycles. The predicted octanol–water partition coefficient (Wildman–Crippen LogP) is 5.35. The molecule has 1 aliphatic rings. The van der Waals surface area contributed by atoms with Crippen LogP contribution >= 0.6 is 11.3 Å². The maximum Gasteiger partial charge on any atom is 0.318 e. The highest BCUT2D eigenvalue weighted by Gasteiger charge is 2.16. The van der Waals surface area contributed by atoms with Gasteiger partial charge in [0.05, 0.1) is 5.69 Å². The van der Waals surface area contributed by atoms with E-state index in [2.05, 4.69) is 71.9 Å². The zero-order valence-corrected chi connectivity index (χ0v) is 19.6. The maximum atomic E-state index is 5.27. The number of rotatable bonds is 4. The molecule has 0 N–H and O–H groups in total. The number of allylic oxidation sites excluding steroid dienone is 1. The molecule has 0 amide bonds. The number of benzene rings is 1. The molecule has 0 spiro atoms. The van der Waals surface area contributed by atoms with Gasteiger partial charge in [0.15, 0.2) is 0 Å². The van der Waals surface area contributed by atoms with Gasteiger partial charge < -0.3 is 14.2 Å². The summed E-state index contributed by atoms with van der Waals surface area (Å²) in [6.07, 6.45) is 4.23. The van der Waals surface area contributed by atoms with E-state index in [0.717, 1.165) is 24.6 Å². The fraction of sp³-hybridized carbons (Fsp3) is 0.435. The van der Waals surface area contributed by atoms with Gasteiger partial charge in [-0.3, -0.25) is 0 Å². The molecule has 0 radical (unpaired) electrons. The highest BCUT2D eigenvalue weighted by atomic mass is 32.1. The Kier molecular flexibility index (Phi) is 9.70. The molecule has 3 aromatic rings. The van der Waals surface area contributed by atoms with Gasteiger partial charge in [-0.2, -0.15) is 0 Å². The van der Waals surface area contributed by atoms with E-state index in [4.69, 9.17) is 9.40 Å². The molecule has 1 saturated heterocycles. The highest BCUT2D eigenvalue weighted by Crippen LogP contribution is 2.27. The van der Waals surface area contributed by atoms with E-state index in [1.165, 1.54) is 29.0 Å². The van der Waals surface area contributed by atoms with Crippen molar-refractivity contribution in [1.29, 1.82) is 0 Å². The van der Waals surface area contributed by atoms with Crippen molar-refractivity contribution in [2.24, 2.45) is 0 Å². The van der Waals surface area contributed by atoms with Gasteiger partial charge in [0.25, 0.3) is 0 Å². The second-order valence-corrected chi connectivity index (χ2v) is 8.53. The normalized spacial score (nSPS) is 12.8. The lowest BCUT2D eigenvalue weighted by molar-refractivity contribution is 0.397. The van der Waals surface area contributed by atoms with Crippen LogP contribution in [-0.2, 0) is 6.54 Å². The number of aryl methyl sites for hydroxylation is 2. The molecule has 6 nitrogen and oxygen atoms in total. The first-order chi connectivity index (χ1) is 14.4. The fourth-order valence-corrected chi connectivity index (χ4v) is 3.83. The molecule has 0 aliphatic carbocycles. The number of aromatic nitrogens is 3. The van der Waals surface area contributed by atoms with Crippen molar-refractivity contribution in [3.05, 3.63) is 59.4 Å². The van der Waals surface area contributed by atoms with E-state index in [9.17, 15) is 0 Å². The maximum absolute atomic E-state index is 5.27. The van der Waals surface area contributed by atoms with Crippen LogP contribution in [0, 0.1) is 13.8 Å². The summed E-state index contributed by atoms with van der Waals surface area (Å²) in [7, 11) is 4.14. The zero-order valence-electron chi connectivity index (χ0n) is 18.8. The van der Waals surface area contributed by atoms with E-state index in [-0.39, 0.29) is 0 Å². The number of hydrogen-bond acceptors (Lipinski definition) is 7. The Morgan fingerprint density at radius 2 is 1.77 bits per heavy atom. The molecule has 7 heteroatoms. The second-order valence-electron chi connectivity index (χ2n) is 7.33. The molecule has 4 rings (SSSR count). The topological polar surface area (TPSA) is 58.3 Å². The summed E-state index contributed by atoms with van der Waals surface area (Å²) >= 11 is 1.77. The van der Waals surface area contributed by atoms with Crippen molar-refractivity contribution in [3.8, 4) is 10.6 Å². The molecule has 30 heavy (non-hydrogen) atoms. The van der Waals surface area contributed by atoms with Crippen LogP contribution in [0.5, 0.6) is 0 Å². The highest BCUT2D eigenvalue weighted by molar-refractivity contribution is 7.15. The van der Waals surface area contributed by atoms with Gasteiger partial charge in [0.1, 0.15) is 5.01 Å². The predicted molar refractivity (Wildman–Crippen MR) is 126 cm³/mol. The van der Waals surface area contributed by atoms with Gasteiger partial charge in [-0.15, -0.1) is 23.0 Å².